The molecule has 0 aliphatic carbocycles. The van der Waals surface area contributed by atoms with Crippen LogP contribution in [0.1, 0.15) is 20.7 Å². The van der Waals surface area contributed by atoms with E-state index in [0.717, 1.165) is 0 Å². The van der Waals surface area contributed by atoms with Gasteiger partial charge in [0.2, 0.25) is 3.79 Å². The Hall–Kier alpha value is -2.26. The Bertz CT molecular complexity index is 920. The third-order valence-electron chi connectivity index (χ3n) is 3.77. The van der Waals surface area contributed by atoms with E-state index < -0.39 is 21.8 Å². The molecule has 2 aromatic carbocycles. The van der Waals surface area contributed by atoms with Crippen LogP contribution in [0.15, 0.2) is 48.5 Å². The number of methoxy groups -OCH3 is 2. The van der Waals surface area contributed by atoms with Crippen LogP contribution in [-0.2, 0) is 4.74 Å². The molecule has 0 fully saturated rings. The second-order valence-electron chi connectivity index (χ2n) is 5.85. The molecular weight excluding hydrogens is 473 g/mol. The number of carbonyl (C=O) groups is 2. The Morgan fingerprint density at radius 1 is 1.00 bits per heavy atom. The zero-order valence-electron chi connectivity index (χ0n) is 15.9. The van der Waals surface area contributed by atoms with E-state index in [4.69, 9.17) is 51.8 Å². The molecule has 0 heterocycles. The van der Waals surface area contributed by atoms with Crippen molar-refractivity contribution in [3.8, 4) is 5.75 Å². The predicted octanol–water partition coefficient (Wildman–Crippen LogP) is 3.89. The van der Waals surface area contributed by atoms with Crippen molar-refractivity contribution in [1.82, 2.24) is 10.6 Å². The van der Waals surface area contributed by atoms with Gasteiger partial charge in [0.25, 0.3) is 5.91 Å². The normalized spacial score (nSPS) is 11.8. The summed E-state index contributed by atoms with van der Waals surface area (Å²) in [7, 11) is 2.79. The first-order valence-corrected chi connectivity index (χ1v) is 9.95. The molecule has 0 saturated heterocycles. The maximum Gasteiger partial charge on any atom is 0.337 e. The van der Waals surface area contributed by atoms with Gasteiger partial charge in [0.1, 0.15) is 11.9 Å². The molecule has 11 heteroatoms. The van der Waals surface area contributed by atoms with E-state index in [2.05, 4.69) is 20.7 Å². The lowest BCUT2D eigenvalue weighted by molar-refractivity contribution is 0.0600. The maximum absolute atomic E-state index is 12.5. The standard InChI is InChI=1S/C19H18Cl3N3O4S/c1-28-14-5-3-4-12(10-14)15(26)24-17(19(20,21)22)25-18(30)23-13-8-6-11(7-9-13)16(27)29-2/h3-10,17H,1-2H3,(H,24,26)(H2,23,25,30)/t17-/m0/s1. The van der Waals surface area contributed by atoms with E-state index in [-0.39, 0.29) is 5.11 Å². The first kappa shape index (κ1) is 24.0. The van der Waals surface area contributed by atoms with Crippen molar-refractivity contribution < 1.29 is 19.1 Å². The molecule has 0 saturated carbocycles. The van der Waals surface area contributed by atoms with Crippen molar-refractivity contribution in [3.05, 3.63) is 59.7 Å². The van der Waals surface area contributed by atoms with Crippen LogP contribution in [0.2, 0.25) is 0 Å². The Morgan fingerprint density at radius 2 is 1.67 bits per heavy atom. The van der Waals surface area contributed by atoms with Crippen molar-refractivity contribution in [2.75, 3.05) is 19.5 Å². The van der Waals surface area contributed by atoms with Crippen molar-refractivity contribution >= 4 is 69.7 Å². The van der Waals surface area contributed by atoms with E-state index in [1.165, 1.54) is 14.2 Å². The molecule has 2 aromatic rings. The van der Waals surface area contributed by atoms with Gasteiger partial charge in [-0.15, -0.1) is 0 Å². The molecule has 0 aliphatic rings. The summed E-state index contributed by atoms with van der Waals surface area (Å²) in [6, 6.07) is 12.9. The number of hydrogen-bond acceptors (Lipinski definition) is 5. The van der Waals surface area contributed by atoms with Gasteiger partial charge in [-0.3, -0.25) is 4.79 Å². The largest absolute Gasteiger partial charge is 0.497 e. The van der Waals surface area contributed by atoms with Crippen LogP contribution in [0.5, 0.6) is 5.75 Å². The minimum absolute atomic E-state index is 0.0862. The van der Waals surface area contributed by atoms with Gasteiger partial charge < -0.3 is 25.4 Å². The van der Waals surface area contributed by atoms with Crippen LogP contribution in [0.25, 0.3) is 0 Å². The Balaban J connectivity index is 2.06. The lowest BCUT2D eigenvalue weighted by Crippen LogP contribution is -2.56. The van der Waals surface area contributed by atoms with E-state index in [9.17, 15) is 9.59 Å². The third kappa shape index (κ3) is 6.91. The monoisotopic (exact) mass is 489 g/mol. The Morgan fingerprint density at radius 3 is 2.23 bits per heavy atom. The molecule has 0 aliphatic heterocycles. The van der Waals surface area contributed by atoms with Crippen molar-refractivity contribution in [2.24, 2.45) is 0 Å². The molecule has 0 radical (unpaired) electrons. The van der Waals surface area contributed by atoms with Crippen molar-refractivity contribution in [2.45, 2.75) is 9.96 Å². The first-order valence-electron chi connectivity index (χ1n) is 8.41. The molecule has 0 aromatic heterocycles. The van der Waals surface area contributed by atoms with E-state index in [1.54, 1.807) is 48.5 Å². The molecule has 30 heavy (non-hydrogen) atoms. The minimum atomic E-state index is -1.91. The van der Waals surface area contributed by atoms with Crippen LogP contribution in [0, 0.1) is 0 Å². The van der Waals surface area contributed by atoms with Gasteiger partial charge in [-0.05, 0) is 54.7 Å². The summed E-state index contributed by atoms with van der Waals surface area (Å²) in [5.41, 5.74) is 1.27. The summed E-state index contributed by atoms with van der Waals surface area (Å²) in [6.07, 6.45) is -1.14. The van der Waals surface area contributed by atoms with Crippen LogP contribution in [0.4, 0.5) is 5.69 Å². The number of nitrogens with one attached hydrogen (secondary N) is 3. The summed E-state index contributed by atoms with van der Waals surface area (Å²) >= 11 is 23.2. The highest BCUT2D eigenvalue weighted by Crippen LogP contribution is 2.29. The summed E-state index contributed by atoms with van der Waals surface area (Å²) in [5, 5.41) is 8.30. The molecule has 1 amide bonds. The highest BCUT2D eigenvalue weighted by molar-refractivity contribution is 7.80. The van der Waals surface area contributed by atoms with Crippen molar-refractivity contribution in [3.63, 3.8) is 0 Å². The van der Waals surface area contributed by atoms with E-state index in [0.29, 0.717) is 22.6 Å². The van der Waals surface area contributed by atoms with Crippen LogP contribution < -0.4 is 20.7 Å². The predicted molar refractivity (Wildman–Crippen MR) is 122 cm³/mol. The Labute approximate surface area is 194 Å². The number of anilines is 1. The molecule has 160 valence electrons. The zero-order valence-corrected chi connectivity index (χ0v) is 19.0. The van der Waals surface area contributed by atoms with E-state index >= 15 is 0 Å². The number of ether oxygens (including phenoxy) is 2. The summed E-state index contributed by atoms with van der Waals surface area (Å²) in [5.74, 6) is -0.449. The Kier molecular flexibility index (Phi) is 8.54. The van der Waals surface area contributed by atoms with E-state index in [1.807, 2.05) is 0 Å². The van der Waals surface area contributed by atoms with Gasteiger partial charge in [-0.25, -0.2) is 4.79 Å². The minimum Gasteiger partial charge on any atom is -0.497 e. The number of rotatable bonds is 6. The molecule has 3 N–H and O–H groups in total. The molecule has 2 rings (SSSR count). The van der Waals surface area contributed by atoms with Gasteiger partial charge in [0.05, 0.1) is 19.8 Å². The SMILES string of the molecule is COC(=O)c1ccc(NC(=S)N[C@H](NC(=O)c2cccc(OC)c2)C(Cl)(Cl)Cl)cc1. The smallest absolute Gasteiger partial charge is 0.337 e. The molecular formula is C19H18Cl3N3O4S. The average molecular weight is 491 g/mol. The first-order chi connectivity index (χ1) is 14.1. The molecule has 0 spiro atoms. The average Bonchev–Trinajstić information content (AvgIpc) is 2.72. The highest BCUT2D eigenvalue weighted by Gasteiger charge is 2.35. The number of hydrogen-bond donors (Lipinski definition) is 3. The number of amides is 1. The number of thiocarbonyl (C=S) groups is 1. The fourth-order valence-electron chi connectivity index (χ4n) is 2.28. The quantitative estimate of drug-likeness (QED) is 0.245. The lowest BCUT2D eigenvalue weighted by Gasteiger charge is -2.27. The molecule has 7 nitrogen and oxygen atoms in total. The number of carbonyl (C=O) groups excluding carboxylic acids is 2. The van der Waals surface area contributed by atoms with Gasteiger partial charge in [0, 0.05) is 11.3 Å². The number of esters is 1. The third-order valence-corrected chi connectivity index (χ3v) is 4.65. The topological polar surface area (TPSA) is 88.7 Å². The zero-order chi connectivity index (χ0) is 22.3. The fourth-order valence-corrected chi connectivity index (χ4v) is 2.85. The molecule has 0 bridgehead atoms. The van der Waals surface area contributed by atoms with Crippen molar-refractivity contribution in [1.29, 1.82) is 0 Å². The fraction of sp³-hybridized carbons (Fsp3) is 0.211. The van der Waals surface area contributed by atoms with Gasteiger partial charge in [0.15, 0.2) is 5.11 Å². The number of alkyl halides is 3. The second-order valence-corrected chi connectivity index (χ2v) is 8.62. The summed E-state index contributed by atoms with van der Waals surface area (Å²) < 4.78 is 7.84. The van der Waals surface area contributed by atoms with Crippen LogP contribution >= 0.6 is 47.0 Å². The number of halogens is 3. The van der Waals surface area contributed by atoms with Crippen LogP contribution in [-0.4, -0.2) is 41.2 Å². The van der Waals surface area contributed by atoms with Gasteiger partial charge in [-0.2, -0.15) is 0 Å². The second kappa shape index (κ2) is 10.7. The number of benzene rings is 2. The van der Waals surface area contributed by atoms with Gasteiger partial charge >= 0.3 is 5.97 Å². The summed E-state index contributed by atoms with van der Waals surface area (Å²) in [6.45, 7) is 0. The lowest BCUT2D eigenvalue weighted by atomic mass is 10.2. The van der Waals surface area contributed by atoms with Crippen LogP contribution in [0.3, 0.4) is 0 Å². The molecule has 0 unspecified atom stereocenters. The summed E-state index contributed by atoms with van der Waals surface area (Å²) in [4.78, 5) is 24.0. The maximum atomic E-state index is 12.5. The molecule has 1 atom stereocenters. The highest BCUT2D eigenvalue weighted by atomic mass is 35.6. The van der Waals surface area contributed by atoms with Gasteiger partial charge in [-0.1, -0.05) is 40.9 Å².